The lowest BCUT2D eigenvalue weighted by atomic mass is 9.98. The van der Waals surface area contributed by atoms with Crippen LogP contribution in [0.1, 0.15) is 0 Å². The van der Waals surface area contributed by atoms with Crippen LogP contribution in [0.5, 0.6) is 0 Å². The van der Waals surface area contributed by atoms with Crippen molar-refractivity contribution in [3.8, 4) is 62.4 Å². The standard InChI is InChI=1S/C73H44N6S/c1-3-19-51(20-4-1)77-62-27-13-9-23-53(62)56-35-32-49(42-66(56)77)72-74-71(75-73(76-72)50-33-36-57-54-24-10-14-28-63(54)78(67(57)43-50)52-21-5-2-6-22-52)48-34-38-65(60(40-48)47-31-37-59-58-26-12-16-30-69(58)80-70(59)44-47)79-64-29-15-11-25-55(64)61-39-45-17-7-8-18-46(45)41-68(61)79/h1-44H. The summed E-state index contributed by atoms with van der Waals surface area (Å²) in [5, 5.41) is 12.1. The van der Waals surface area contributed by atoms with Crippen LogP contribution in [0.2, 0.25) is 0 Å². The van der Waals surface area contributed by atoms with Crippen LogP contribution in [0.15, 0.2) is 267 Å². The van der Waals surface area contributed by atoms with Gasteiger partial charge in [0.2, 0.25) is 0 Å². The van der Waals surface area contributed by atoms with E-state index in [-0.39, 0.29) is 0 Å². The molecule has 0 saturated carbocycles. The van der Waals surface area contributed by atoms with Crippen LogP contribution in [-0.2, 0) is 0 Å². The maximum atomic E-state index is 5.52. The quantitative estimate of drug-likeness (QED) is 0.160. The fourth-order valence-electron chi connectivity index (χ4n) is 12.6. The molecule has 0 saturated heterocycles. The molecule has 17 rings (SSSR count). The number of benzene rings is 12. The van der Waals surface area contributed by atoms with Gasteiger partial charge in [-0.05, 0) is 113 Å². The molecule has 0 fully saturated rings. The molecule has 5 aromatic heterocycles. The van der Waals surface area contributed by atoms with E-state index in [1.54, 1.807) is 0 Å². The first kappa shape index (κ1) is 44.6. The van der Waals surface area contributed by atoms with Crippen molar-refractivity contribution in [1.82, 2.24) is 28.7 Å². The van der Waals surface area contributed by atoms with Crippen molar-refractivity contribution in [2.24, 2.45) is 0 Å². The first-order chi connectivity index (χ1) is 39.6. The first-order valence-corrected chi connectivity index (χ1v) is 27.9. The van der Waals surface area contributed by atoms with E-state index in [1.807, 2.05) is 11.3 Å². The second-order valence-corrected chi connectivity index (χ2v) is 21.8. The largest absolute Gasteiger partial charge is 0.309 e. The third-order valence-electron chi connectivity index (χ3n) is 16.3. The van der Waals surface area contributed by atoms with E-state index in [0.717, 1.165) is 88.8 Å². The minimum Gasteiger partial charge on any atom is -0.309 e. The minimum absolute atomic E-state index is 0.585. The average Bonchev–Trinajstić information content (AvgIpc) is 4.35. The van der Waals surface area contributed by atoms with Crippen LogP contribution in [0.3, 0.4) is 0 Å². The lowest BCUT2D eigenvalue weighted by Gasteiger charge is -2.17. The molecule has 5 heterocycles. The molecule has 80 heavy (non-hydrogen) atoms. The van der Waals surface area contributed by atoms with Gasteiger partial charge in [-0.15, -0.1) is 11.3 Å². The maximum absolute atomic E-state index is 5.52. The Kier molecular flexibility index (Phi) is 9.78. The van der Waals surface area contributed by atoms with Gasteiger partial charge < -0.3 is 13.7 Å². The summed E-state index contributed by atoms with van der Waals surface area (Å²) in [4.78, 5) is 16.5. The van der Waals surface area contributed by atoms with Crippen LogP contribution in [-0.4, -0.2) is 28.7 Å². The Bertz CT molecular complexity index is 5200. The Morgan fingerprint density at radius 1 is 0.250 bits per heavy atom. The van der Waals surface area contributed by atoms with E-state index in [4.69, 9.17) is 15.0 Å². The van der Waals surface area contributed by atoms with Crippen molar-refractivity contribution in [2.45, 2.75) is 0 Å². The molecule has 0 bridgehead atoms. The number of hydrogen-bond donors (Lipinski definition) is 0. The monoisotopic (exact) mass is 1040 g/mol. The fourth-order valence-corrected chi connectivity index (χ4v) is 13.7. The zero-order chi connectivity index (χ0) is 52.4. The highest BCUT2D eigenvalue weighted by atomic mass is 32.1. The van der Waals surface area contributed by atoms with Crippen LogP contribution in [0.4, 0.5) is 0 Å². The molecular formula is C73H44N6S. The second-order valence-electron chi connectivity index (χ2n) is 20.8. The predicted octanol–water partition coefficient (Wildman–Crippen LogP) is 19.4. The number of aromatic nitrogens is 6. The van der Waals surface area contributed by atoms with Crippen LogP contribution < -0.4 is 0 Å². The summed E-state index contributed by atoms with van der Waals surface area (Å²) in [6.45, 7) is 0. The van der Waals surface area contributed by atoms with Crippen molar-refractivity contribution in [3.05, 3.63) is 267 Å². The molecule has 7 heteroatoms. The van der Waals surface area contributed by atoms with Crippen molar-refractivity contribution in [3.63, 3.8) is 0 Å². The van der Waals surface area contributed by atoms with E-state index >= 15 is 0 Å². The van der Waals surface area contributed by atoms with E-state index in [2.05, 4.69) is 281 Å². The predicted molar refractivity (Wildman–Crippen MR) is 335 cm³/mol. The summed E-state index contributed by atoms with van der Waals surface area (Å²) in [7, 11) is 0. The Morgan fingerprint density at radius 3 is 1.26 bits per heavy atom. The molecule has 0 radical (unpaired) electrons. The van der Waals surface area contributed by atoms with E-state index in [0.29, 0.717) is 17.5 Å². The molecule has 0 amide bonds. The summed E-state index contributed by atoms with van der Waals surface area (Å²) in [6, 6.07) is 96.4. The van der Waals surface area contributed by atoms with Crippen LogP contribution in [0.25, 0.3) is 159 Å². The fraction of sp³-hybridized carbons (Fsp3) is 0. The smallest absolute Gasteiger partial charge is 0.164 e. The molecule has 6 nitrogen and oxygen atoms in total. The van der Waals surface area contributed by atoms with Gasteiger partial charge in [-0.2, -0.15) is 0 Å². The number of rotatable bonds is 7. The van der Waals surface area contributed by atoms with Gasteiger partial charge in [0, 0.05) is 86.1 Å². The number of nitrogens with zero attached hydrogens (tertiary/aromatic N) is 6. The molecule has 0 unspecified atom stereocenters. The summed E-state index contributed by atoms with van der Waals surface area (Å²) in [6.07, 6.45) is 0. The molecule has 0 aliphatic rings. The summed E-state index contributed by atoms with van der Waals surface area (Å²) >= 11 is 1.84. The normalized spacial score (nSPS) is 12.0. The lowest BCUT2D eigenvalue weighted by molar-refractivity contribution is 1.07. The van der Waals surface area contributed by atoms with Gasteiger partial charge in [-0.1, -0.05) is 170 Å². The molecule has 0 N–H and O–H groups in total. The number of fused-ring (bicyclic) bond motifs is 13. The Hall–Kier alpha value is -10.5. The average molecular weight is 1040 g/mol. The maximum Gasteiger partial charge on any atom is 0.164 e. The molecule has 0 spiro atoms. The van der Waals surface area contributed by atoms with Gasteiger partial charge in [0.25, 0.3) is 0 Å². The Labute approximate surface area is 463 Å². The SMILES string of the molecule is c1ccc(-n2c3ccccc3c3ccc(-c4nc(-c5ccc(-n6c7ccccc7c7cc8ccccc8cc76)c(-c6ccc7c(c6)sc6ccccc67)c5)nc(-c5ccc6c7ccccc7n(-c7ccccc7)c6c5)n4)cc32)cc1. The Balaban J connectivity index is 0.929. The highest BCUT2D eigenvalue weighted by molar-refractivity contribution is 7.25. The highest BCUT2D eigenvalue weighted by Crippen LogP contribution is 2.43. The molecule has 0 aliphatic heterocycles. The molecule has 17 aromatic rings. The topological polar surface area (TPSA) is 53.5 Å². The third kappa shape index (κ3) is 6.87. The third-order valence-corrected chi connectivity index (χ3v) is 17.4. The van der Waals surface area contributed by atoms with Gasteiger partial charge >= 0.3 is 0 Å². The zero-order valence-corrected chi connectivity index (χ0v) is 43.8. The highest BCUT2D eigenvalue weighted by Gasteiger charge is 2.22. The van der Waals surface area contributed by atoms with Gasteiger partial charge in [-0.25, -0.2) is 15.0 Å². The van der Waals surface area contributed by atoms with Crippen molar-refractivity contribution in [1.29, 1.82) is 0 Å². The van der Waals surface area contributed by atoms with Crippen LogP contribution >= 0.6 is 11.3 Å². The number of para-hydroxylation sites is 5. The van der Waals surface area contributed by atoms with E-state index in [9.17, 15) is 0 Å². The number of thiophene rings is 1. The van der Waals surface area contributed by atoms with E-state index < -0.39 is 0 Å². The minimum atomic E-state index is 0.585. The summed E-state index contributed by atoms with van der Waals surface area (Å²) in [5.41, 5.74) is 14.8. The van der Waals surface area contributed by atoms with Gasteiger partial charge in [0.05, 0.1) is 38.8 Å². The molecule has 12 aromatic carbocycles. The van der Waals surface area contributed by atoms with Gasteiger partial charge in [0.15, 0.2) is 17.5 Å². The van der Waals surface area contributed by atoms with Crippen LogP contribution in [0, 0.1) is 0 Å². The van der Waals surface area contributed by atoms with Crippen molar-refractivity contribution >= 4 is 108 Å². The summed E-state index contributed by atoms with van der Waals surface area (Å²) in [5.74, 6) is 1.76. The summed E-state index contributed by atoms with van der Waals surface area (Å²) < 4.78 is 9.67. The van der Waals surface area contributed by atoms with Gasteiger partial charge in [0.1, 0.15) is 0 Å². The molecule has 372 valence electrons. The second kappa shape index (κ2) is 17.5. The lowest BCUT2D eigenvalue weighted by Crippen LogP contribution is -2.02. The zero-order valence-electron chi connectivity index (χ0n) is 43.0. The first-order valence-electron chi connectivity index (χ1n) is 27.1. The van der Waals surface area contributed by atoms with Gasteiger partial charge in [-0.3, -0.25) is 0 Å². The van der Waals surface area contributed by atoms with Crippen molar-refractivity contribution < 1.29 is 0 Å². The van der Waals surface area contributed by atoms with E-state index in [1.165, 1.54) is 52.5 Å². The molecular weight excluding hydrogens is 993 g/mol. The molecule has 0 aliphatic carbocycles. The van der Waals surface area contributed by atoms with Crippen molar-refractivity contribution in [2.75, 3.05) is 0 Å². The Morgan fingerprint density at radius 2 is 0.662 bits per heavy atom. The number of hydrogen-bond acceptors (Lipinski definition) is 4. The molecule has 0 atom stereocenters.